The highest BCUT2D eigenvalue weighted by Gasteiger charge is 2.12. The highest BCUT2D eigenvalue weighted by molar-refractivity contribution is 5.61. The summed E-state index contributed by atoms with van der Waals surface area (Å²) >= 11 is 0. The fraction of sp³-hybridized carbons (Fsp3) is 0.143. The van der Waals surface area contributed by atoms with Gasteiger partial charge in [0.25, 0.3) is 0 Å². The van der Waals surface area contributed by atoms with Gasteiger partial charge in [0, 0.05) is 31.9 Å². The molecule has 5 aromatic rings. The molecule has 0 saturated carbocycles. The maximum atomic E-state index is 14.0. The summed E-state index contributed by atoms with van der Waals surface area (Å²) in [6, 6.07) is 8.38. The maximum absolute atomic E-state index is 14.0. The summed E-state index contributed by atoms with van der Waals surface area (Å²) in [4.78, 5) is 13.3. The van der Waals surface area contributed by atoms with Gasteiger partial charge in [0.15, 0.2) is 17.2 Å². The van der Waals surface area contributed by atoms with Crippen molar-refractivity contribution in [2.24, 2.45) is 7.05 Å². The Labute approximate surface area is 181 Å². The number of aryl methyl sites for hydroxylation is 1. The van der Waals surface area contributed by atoms with Crippen LogP contribution in [0.15, 0.2) is 55.2 Å². The summed E-state index contributed by atoms with van der Waals surface area (Å²) in [7, 11) is 3.27. The molecule has 4 heterocycles. The summed E-state index contributed by atoms with van der Waals surface area (Å²) in [5.74, 6) is 0.859. The third-order valence-electron chi connectivity index (χ3n) is 4.83. The summed E-state index contributed by atoms with van der Waals surface area (Å²) < 4.78 is 22.4. The molecule has 0 aliphatic heterocycles. The number of hydrogen-bond donors (Lipinski definition) is 1. The van der Waals surface area contributed by atoms with E-state index in [9.17, 15) is 4.39 Å². The summed E-state index contributed by atoms with van der Waals surface area (Å²) in [6.07, 6.45) is 7.20. The van der Waals surface area contributed by atoms with Crippen molar-refractivity contribution in [2.75, 3.05) is 12.4 Å². The Morgan fingerprint density at radius 2 is 2.00 bits per heavy atom. The molecule has 1 N–H and O–H groups in total. The van der Waals surface area contributed by atoms with Crippen molar-refractivity contribution in [3.8, 4) is 17.1 Å². The second-order valence-electron chi connectivity index (χ2n) is 7.06. The van der Waals surface area contributed by atoms with Crippen molar-refractivity contribution < 1.29 is 9.13 Å². The highest BCUT2D eigenvalue weighted by Crippen LogP contribution is 2.21. The van der Waals surface area contributed by atoms with Crippen LogP contribution >= 0.6 is 0 Å². The summed E-state index contributed by atoms with van der Waals surface area (Å²) in [5, 5.41) is 15.7. The van der Waals surface area contributed by atoms with Gasteiger partial charge < -0.3 is 10.1 Å². The van der Waals surface area contributed by atoms with Crippen LogP contribution in [0.1, 0.15) is 11.4 Å². The predicted molar refractivity (Wildman–Crippen MR) is 114 cm³/mol. The zero-order chi connectivity index (χ0) is 22.1. The van der Waals surface area contributed by atoms with E-state index in [1.807, 2.05) is 13.2 Å². The van der Waals surface area contributed by atoms with E-state index in [0.717, 1.165) is 11.3 Å². The first-order chi connectivity index (χ1) is 15.6. The number of nitrogens with zero attached hydrogens (tertiary/aromatic N) is 8. The van der Waals surface area contributed by atoms with Crippen molar-refractivity contribution in [3.05, 3.63) is 72.5 Å². The minimum atomic E-state index is -0.418. The van der Waals surface area contributed by atoms with Crippen LogP contribution in [0, 0.1) is 5.82 Å². The zero-order valence-electron chi connectivity index (χ0n) is 17.3. The lowest BCUT2D eigenvalue weighted by Crippen LogP contribution is -2.01. The number of anilines is 2. The number of methoxy groups -OCH3 is 1. The second kappa shape index (κ2) is 8.02. The van der Waals surface area contributed by atoms with E-state index in [4.69, 9.17) is 4.74 Å². The Balaban J connectivity index is 1.40. The third-order valence-corrected chi connectivity index (χ3v) is 4.83. The van der Waals surface area contributed by atoms with Crippen molar-refractivity contribution in [1.29, 1.82) is 0 Å². The molecule has 0 amide bonds. The van der Waals surface area contributed by atoms with E-state index < -0.39 is 5.82 Å². The summed E-state index contributed by atoms with van der Waals surface area (Å²) in [5.41, 5.74) is 3.41. The number of fused-ring (bicyclic) bond motifs is 1. The first-order valence-corrected chi connectivity index (χ1v) is 9.70. The van der Waals surface area contributed by atoms with Crippen molar-refractivity contribution in [1.82, 2.24) is 39.3 Å². The molecule has 5 rings (SSSR count). The smallest absolute Gasteiger partial charge is 0.227 e. The minimum absolute atomic E-state index is 0.202. The van der Waals surface area contributed by atoms with Crippen LogP contribution in [-0.2, 0) is 13.5 Å². The molecule has 0 aliphatic rings. The average molecular weight is 431 g/mol. The number of benzene rings is 1. The van der Waals surface area contributed by atoms with Gasteiger partial charge in [-0.05, 0) is 23.8 Å². The molecule has 0 unspecified atom stereocenters. The van der Waals surface area contributed by atoms with Crippen molar-refractivity contribution in [3.63, 3.8) is 0 Å². The van der Waals surface area contributed by atoms with E-state index in [0.29, 0.717) is 35.2 Å². The van der Waals surface area contributed by atoms with Crippen LogP contribution in [0.25, 0.3) is 17.0 Å². The number of nitrogens with one attached hydrogen (secondary N) is 1. The van der Waals surface area contributed by atoms with Gasteiger partial charge in [0.2, 0.25) is 5.95 Å². The third kappa shape index (κ3) is 3.83. The fourth-order valence-electron chi connectivity index (χ4n) is 3.28. The van der Waals surface area contributed by atoms with E-state index in [1.54, 1.807) is 52.1 Å². The zero-order valence-corrected chi connectivity index (χ0v) is 17.3. The lowest BCUT2D eigenvalue weighted by Gasteiger charge is -2.06. The Kier molecular flexibility index (Phi) is 4.90. The van der Waals surface area contributed by atoms with Crippen molar-refractivity contribution >= 4 is 17.3 Å². The number of aromatic nitrogens is 8. The molecule has 160 valence electrons. The van der Waals surface area contributed by atoms with Gasteiger partial charge in [0.1, 0.15) is 12.2 Å². The number of rotatable bonds is 6. The van der Waals surface area contributed by atoms with Crippen LogP contribution in [0.5, 0.6) is 5.75 Å². The highest BCUT2D eigenvalue weighted by atomic mass is 19.1. The van der Waals surface area contributed by atoms with Gasteiger partial charge in [-0.25, -0.2) is 19.3 Å². The van der Waals surface area contributed by atoms with Crippen LogP contribution in [0.3, 0.4) is 0 Å². The molecule has 0 spiro atoms. The standard InChI is InChI=1S/C21H18FN9O/c1-30-11-14(10-25-30)26-21-23-6-5-16(27-21)17-9-20-29-28-19(31(20)12-24-17)8-13-3-4-18(32-2)15(22)7-13/h3-7,9-12H,8H2,1-2H3,(H,23,26,27). The molecular weight excluding hydrogens is 413 g/mol. The van der Waals surface area contributed by atoms with Crippen LogP contribution < -0.4 is 10.1 Å². The molecule has 0 fully saturated rings. The second-order valence-corrected chi connectivity index (χ2v) is 7.06. The molecule has 4 aromatic heterocycles. The van der Waals surface area contributed by atoms with Gasteiger partial charge in [-0.1, -0.05) is 6.07 Å². The number of halogens is 1. The van der Waals surface area contributed by atoms with Crippen LogP contribution in [0.2, 0.25) is 0 Å². The van der Waals surface area contributed by atoms with Crippen LogP contribution in [-0.4, -0.2) is 46.4 Å². The SMILES string of the molecule is COc1ccc(Cc2nnc3cc(-c4ccnc(Nc5cnn(C)c5)n4)ncn23)cc1F. The summed E-state index contributed by atoms with van der Waals surface area (Å²) in [6.45, 7) is 0. The molecule has 1 aromatic carbocycles. The molecule has 11 heteroatoms. The van der Waals surface area contributed by atoms with Crippen LogP contribution in [0.4, 0.5) is 16.0 Å². The first kappa shape index (κ1) is 19.5. The lowest BCUT2D eigenvalue weighted by molar-refractivity contribution is 0.386. The molecule has 0 atom stereocenters. The van der Waals surface area contributed by atoms with E-state index >= 15 is 0 Å². The first-order valence-electron chi connectivity index (χ1n) is 9.70. The molecule has 0 aliphatic carbocycles. The number of ether oxygens (including phenoxy) is 1. The van der Waals surface area contributed by atoms with Gasteiger partial charge in [-0.15, -0.1) is 10.2 Å². The topological polar surface area (TPSA) is 108 Å². The van der Waals surface area contributed by atoms with E-state index in [2.05, 4.69) is 35.6 Å². The normalized spacial score (nSPS) is 11.1. The molecule has 32 heavy (non-hydrogen) atoms. The van der Waals surface area contributed by atoms with Crippen molar-refractivity contribution in [2.45, 2.75) is 6.42 Å². The Morgan fingerprint density at radius 1 is 1.09 bits per heavy atom. The molecular formula is C21H18FN9O. The fourth-order valence-corrected chi connectivity index (χ4v) is 3.28. The predicted octanol–water partition coefficient (Wildman–Crippen LogP) is 2.80. The molecule has 0 bridgehead atoms. The maximum Gasteiger partial charge on any atom is 0.227 e. The Hall–Kier alpha value is -4.41. The van der Waals surface area contributed by atoms with Gasteiger partial charge in [0.05, 0.1) is 30.4 Å². The Bertz CT molecular complexity index is 1410. The number of hydrogen-bond acceptors (Lipinski definition) is 8. The van der Waals surface area contributed by atoms with E-state index in [1.165, 1.54) is 13.2 Å². The quantitative estimate of drug-likeness (QED) is 0.437. The Morgan fingerprint density at radius 3 is 2.78 bits per heavy atom. The monoisotopic (exact) mass is 431 g/mol. The average Bonchev–Trinajstić information content (AvgIpc) is 3.39. The van der Waals surface area contributed by atoms with Gasteiger partial charge in [-0.2, -0.15) is 5.10 Å². The lowest BCUT2D eigenvalue weighted by atomic mass is 10.1. The van der Waals surface area contributed by atoms with E-state index in [-0.39, 0.29) is 5.75 Å². The molecule has 0 radical (unpaired) electrons. The van der Waals surface area contributed by atoms with Gasteiger partial charge >= 0.3 is 0 Å². The largest absolute Gasteiger partial charge is 0.494 e. The van der Waals surface area contributed by atoms with Gasteiger partial charge in [-0.3, -0.25) is 9.08 Å². The molecule has 0 saturated heterocycles. The molecule has 10 nitrogen and oxygen atoms in total. The minimum Gasteiger partial charge on any atom is -0.494 e.